The van der Waals surface area contributed by atoms with Gasteiger partial charge in [-0.05, 0) is 43.3 Å². The molecule has 0 unspecified atom stereocenters. The summed E-state index contributed by atoms with van der Waals surface area (Å²) in [6.45, 7) is 5.39. The Bertz CT molecular complexity index is 1220. The number of nitrogens with one attached hydrogen (secondary N) is 2. The number of carbonyl (C=O) groups excluding carboxylic acids is 1. The number of aromatic nitrogens is 5. The first-order valence-electron chi connectivity index (χ1n) is 10.2. The Kier molecular flexibility index (Phi) is 5.89. The number of aromatic amines is 1. The number of carbonyl (C=O) groups is 1. The molecular formula is C21H24N6O2S. The van der Waals surface area contributed by atoms with Gasteiger partial charge in [0.1, 0.15) is 11.6 Å². The van der Waals surface area contributed by atoms with Crippen molar-refractivity contribution in [1.29, 1.82) is 0 Å². The average Bonchev–Trinajstić information content (AvgIpc) is 2.96. The van der Waals surface area contributed by atoms with Crippen LogP contribution in [0.1, 0.15) is 41.3 Å². The number of hydrogen-bond donors (Lipinski definition) is 2. The van der Waals surface area contributed by atoms with Crippen LogP contribution in [0.25, 0.3) is 10.9 Å². The van der Waals surface area contributed by atoms with Crippen molar-refractivity contribution < 1.29 is 4.79 Å². The Hall–Kier alpha value is -3.07. The van der Waals surface area contributed by atoms with E-state index in [-0.39, 0.29) is 11.5 Å². The topological polar surface area (TPSA) is 97.6 Å². The van der Waals surface area contributed by atoms with Crippen molar-refractivity contribution in [2.24, 2.45) is 0 Å². The maximum Gasteiger partial charge on any atom is 0.262 e. The third-order valence-electron chi connectivity index (χ3n) is 5.38. The highest BCUT2D eigenvalue weighted by Crippen LogP contribution is 2.15. The Balaban J connectivity index is 1.47. The highest BCUT2D eigenvalue weighted by Gasteiger charge is 2.15. The maximum absolute atomic E-state index is 12.6. The van der Waals surface area contributed by atoms with Gasteiger partial charge < -0.3 is 14.9 Å². The van der Waals surface area contributed by atoms with Crippen LogP contribution in [0.2, 0.25) is 0 Å². The molecule has 2 N–H and O–H groups in total. The van der Waals surface area contributed by atoms with Gasteiger partial charge in [0.15, 0.2) is 4.77 Å². The van der Waals surface area contributed by atoms with Gasteiger partial charge in [0.25, 0.3) is 11.5 Å². The molecule has 1 amide bonds. The van der Waals surface area contributed by atoms with Gasteiger partial charge >= 0.3 is 0 Å². The Morgan fingerprint density at radius 2 is 2.17 bits per heavy atom. The zero-order valence-corrected chi connectivity index (χ0v) is 17.5. The van der Waals surface area contributed by atoms with E-state index in [9.17, 15) is 9.59 Å². The van der Waals surface area contributed by atoms with Crippen LogP contribution in [0.15, 0.2) is 35.6 Å². The summed E-state index contributed by atoms with van der Waals surface area (Å²) in [7, 11) is 0. The molecule has 0 saturated carbocycles. The summed E-state index contributed by atoms with van der Waals surface area (Å²) in [5, 5.41) is 12.0. The van der Waals surface area contributed by atoms with Crippen LogP contribution in [0, 0.1) is 4.77 Å². The van der Waals surface area contributed by atoms with Gasteiger partial charge in [-0.25, -0.2) is 0 Å². The van der Waals surface area contributed by atoms with Gasteiger partial charge in [-0.2, -0.15) is 0 Å². The van der Waals surface area contributed by atoms with Crippen molar-refractivity contribution in [2.45, 2.75) is 45.2 Å². The summed E-state index contributed by atoms with van der Waals surface area (Å²) in [5.74, 6) is 1.75. The summed E-state index contributed by atoms with van der Waals surface area (Å²) in [5.41, 5.74) is 0.808. The molecule has 8 nitrogen and oxygen atoms in total. The molecule has 2 aromatic heterocycles. The first kappa shape index (κ1) is 20.2. The summed E-state index contributed by atoms with van der Waals surface area (Å²) in [4.78, 5) is 28.2. The minimum absolute atomic E-state index is 0.201. The summed E-state index contributed by atoms with van der Waals surface area (Å²) >= 11 is 5.26. The number of H-pyrrole nitrogens is 1. The van der Waals surface area contributed by atoms with Gasteiger partial charge in [-0.3, -0.25) is 14.2 Å². The molecule has 0 saturated heterocycles. The van der Waals surface area contributed by atoms with Gasteiger partial charge in [-0.1, -0.05) is 12.5 Å². The number of fused-ring (bicyclic) bond motifs is 2. The van der Waals surface area contributed by atoms with Crippen molar-refractivity contribution in [2.75, 3.05) is 6.54 Å². The fraction of sp³-hybridized carbons (Fsp3) is 0.381. The Labute approximate surface area is 178 Å². The maximum atomic E-state index is 12.6. The molecular weight excluding hydrogens is 400 g/mol. The molecule has 0 spiro atoms. The van der Waals surface area contributed by atoms with E-state index in [1.54, 1.807) is 24.3 Å². The van der Waals surface area contributed by atoms with Gasteiger partial charge in [0.05, 0.1) is 10.9 Å². The molecule has 0 atom stereocenters. The van der Waals surface area contributed by atoms with Crippen molar-refractivity contribution in [3.8, 4) is 0 Å². The lowest BCUT2D eigenvalue weighted by atomic mass is 10.1. The third kappa shape index (κ3) is 3.97. The Morgan fingerprint density at radius 3 is 3.00 bits per heavy atom. The van der Waals surface area contributed by atoms with Crippen molar-refractivity contribution in [3.63, 3.8) is 0 Å². The van der Waals surface area contributed by atoms with E-state index in [2.05, 4.69) is 31.6 Å². The van der Waals surface area contributed by atoms with E-state index in [0.717, 1.165) is 37.5 Å². The SMILES string of the molecule is C=CCn1c(=S)[nH]c2cc(C(=O)NCCc3nnc4n3CCCCC4)ccc2c1=O. The minimum Gasteiger partial charge on any atom is -0.352 e. The average molecular weight is 425 g/mol. The number of hydrogen-bond acceptors (Lipinski definition) is 5. The quantitative estimate of drug-likeness (QED) is 0.468. The molecule has 0 aliphatic carbocycles. The van der Waals surface area contributed by atoms with Crippen LogP contribution in [0.5, 0.6) is 0 Å². The van der Waals surface area contributed by atoms with E-state index in [0.29, 0.717) is 40.7 Å². The van der Waals surface area contributed by atoms with Crippen LogP contribution in [-0.4, -0.2) is 36.8 Å². The summed E-state index contributed by atoms with van der Waals surface area (Å²) < 4.78 is 3.92. The minimum atomic E-state index is -0.206. The van der Waals surface area contributed by atoms with Crippen LogP contribution in [0.3, 0.4) is 0 Å². The zero-order chi connectivity index (χ0) is 21.1. The van der Waals surface area contributed by atoms with Gasteiger partial charge in [0, 0.05) is 38.0 Å². The van der Waals surface area contributed by atoms with Gasteiger partial charge in [0.2, 0.25) is 0 Å². The lowest BCUT2D eigenvalue weighted by Crippen LogP contribution is -2.27. The van der Waals surface area contributed by atoms with Crippen LogP contribution in [-0.2, 0) is 25.9 Å². The molecule has 30 heavy (non-hydrogen) atoms. The van der Waals surface area contributed by atoms with Crippen molar-refractivity contribution >= 4 is 29.0 Å². The van der Waals surface area contributed by atoms with Crippen LogP contribution in [0.4, 0.5) is 0 Å². The molecule has 156 valence electrons. The lowest BCUT2D eigenvalue weighted by Gasteiger charge is -2.09. The van der Waals surface area contributed by atoms with Crippen LogP contribution < -0.4 is 10.9 Å². The fourth-order valence-electron chi connectivity index (χ4n) is 3.81. The second kappa shape index (κ2) is 8.74. The lowest BCUT2D eigenvalue weighted by molar-refractivity contribution is 0.0954. The molecule has 1 aliphatic rings. The number of amides is 1. The first-order valence-corrected chi connectivity index (χ1v) is 10.6. The first-order chi connectivity index (χ1) is 14.6. The van der Waals surface area contributed by atoms with E-state index in [4.69, 9.17) is 12.2 Å². The number of rotatable bonds is 6. The summed E-state index contributed by atoms with van der Waals surface area (Å²) in [6, 6.07) is 4.95. The molecule has 0 fully saturated rings. The second-order valence-electron chi connectivity index (χ2n) is 7.40. The zero-order valence-electron chi connectivity index (χ0n) is 16.7. The van der Waals surface area contributed by atoms with Crippen molar-refractivity contribution in [3.05, 3.63) is 63.2 Å². The largest absolute Gasteiger partial charge is 0.352 e. The van der Waals surface area contributed by atoms with Crippen LogP contribution >= 0.6 is 12.2 Å². The molecule has 0 bridgehead atoms. The highest BCUT2D eigenvalue weighted by molar-refractivity contribution is 7.71. The number of aryl methyl sites for hydroxylation is 1. The molecule has 3 aromatic rings. The predicted octanol–water partition coefficient (Wildman–Crippen LogP) is 2.54. The molecule has 9 heteroatoms. The number of benzene rings is 1. The molecule has 1 aromatic carbocycles. The molecule has 1 aliphatic heterocycles. The van der Waals surface area contributed by atoms with E-state index < -0.39 is 0 Å². The number of nitrogens with zero attached hydrogens (tertiary/aromatic N) is 4. The second-order valence-corrected chi connectivity index (χ2v) is 7.78. The summed E-state index contributed by atoms with van der Waals surface area (Å²) in [6.07, 6.45) is 6.71. The van der Waals surface area contributed by atoms with E-state index in [1.165, 1.54) is 11.0 Å². The Morgan fingerprint density at radius 1 is 1.30 bits per heavy atom. The van der Waals surface area contributed by atoms with E-state index in [1.807, 2.05) is 0 Å². The predicted molar refractivity (Wildman–Crippen MR) is 117 cm³/mol. The fourth-order valence-corrected chi connectivity index (χ4v) is 4.08. The van der Waals surface area contributed by atoms with Crippen molar-refractivity contribution in [1.82, 2.24) is 29.6 Å². The van der Waals surface area contributed by atoms with Gasteiger partial charge in [-0.15, -0.1) is 16.8 Å². The monoisotopic (exact) mass is 424 g/mol. The number of allylic oxidation sites excluding steroid dienone is 1. The standard InChI is InChI=1S/C21H24N6O2S/c1-2-11-27-20(29)15-8-7-14(13-16(15)23-21(27)30)19(28)22-10-9-18-25-24-17-6-4-3-5-12-26(17)18/h2,7-8,13H,1,3-6,9-12H2,(H,22,28)(H,23,30). The molecule has 4 rings (SSSR count). The molecule has 3 heterocycles. The normalized spacial score (nSPS) is 13.6. The third-order valence-corrected chi connectivity index (χ3v) is 5.70. The smallest absolute Gasteiger partial charge is 0.262 e. The molecule has 0 radical (unpaired) electrons. The highest BCUT2D eigenvalue weighted by atomic mass is 32.1. The van der Waals surface area contributed by atoms with E-state index >= 15 is 0 Å².